The Morgan fingerprint density at radius 3 is 2.50 bits per heavy atom. The van der Waals surface area contributed by atoms with Gasteiger partial charge in [0.2, 0.25) is 0 Å². The van der Waals surface area contributed by atoms with Crippen LogP contribution >= 0.6 is 0 Å². The van der Waals surface area contributed by atoms with Crippen LogP contribution < -0.4 is 4.74 Å². The molecule has 0 aromatic heterocycles. The topological polar surface area (TPSA) is 43.4 Å². The van der Waals surface area contributed by atoms with E-state index in [0.717, 1.165) is 28.9 Å². The highest BCUT2D eigenvalue weighted by Gasteiger charge is 2.43. The third-order valence-corrected chi connectivity index (χ3v) is 4.83. The maximum Gasteiger partial charge on any atom is 0.168 e. The van der Waals surface area contributed by atoms with Gasteiger partial charge in [-0.1, -0.05) is 17.7 Å². The van der Waals surface area contributed by atoms with Gasteiger partial charge in [-0.25, -0.2) is 0 Å². The van der Waals surface area contributed by atoms with E-state index in [1.165, 1.54) is 0 Å². The number of ether oxygens (including phenoxy) is 1. The van der Waals surface area contributed by atoms with Crippen molar-refractivity contribution >= 4 is 17.6 Å². The van der Waals surface area contributed by atoms with Crippen molar-refractivity contribution in [3.8, 4) is 5.75 Å². The van der Waals surface area contributed by atoms with Crippen LogP contribution in [-0.2, 0) is 9.59 Å². The van der Waals surface area contributed by atoms with Gasteiger partial charge in [0.25, 0.3) is 0 Å². The van der Waals surface area contributed by atoms with E-state index in [0.29, 0.717) is 19.3 Å². The van der Waals surface area contributed by atoms with Crippen molar-refractivity contribution < 1.29 is 14.3 Å². The van der Waals surface area contributed by atoms with Crippen LogP contribution in [0.15, 0.2) is 41.5 Å². The lowest BCUT2D eigenvalue weighted by atomic mass is 9.63. The molecule has 0 radical (unpaired) electrons. The van der Waals surface area contributed by atoms with Gasteiger partial charge in [0.1, 0.15) is 5.75 Å². The monoisotopic (exact) mass is 296 g/mol. The molecule has 0 spiro atoms. The molecule has 0 heterocycles. The normalized spacial score (nSPS) is 26.6. The predicted octanol–water partition coefficient (Wildman–Crippen LogP) is 3.74. The molecule has 1 atom stereocenters. The lowest BCUT2D eigenvalue weighted by Gasteiger charge is -2.38. The van der Waals surface area contributed by atoms with Crippen LogP contribution in [0.25, 0.3) is 6.08 Å². The van der Waals surface area contributed by atoms with Gasteiger partial charge in [0, 0.05) is 6.42 Å². The summed E-state index contributed by atoms with van der Waals surface area (Å²) < 4.78 is 5.15. The summed E-state index contributed by atoms with van der Waals surface area (Å²) >= 11 is 0. The number of rotatable bonds is 2. The summed E-state index contributed by atoms with van der Waals surface area (Å²) in [7, 11) is 1.64. The van der Waals surface area contributed by atoms with Crippen LogP contribution in [0.4, 0.5) is 0 Å². The molecular formula is C19H20O3. The van der Waals surface area contributed by atoms with Crippen molar-refractivity contribution in [2.24, 2.45) is 5.41 Å². The summed E-state index contributed by atoms with van der Waals surface area (Å²) in [6.45, 7) is 1.98. The fourth-order valence-corrected chi connectivity index (χ4v) is 3.34. The number of hydrogen-bond acceptors (Lipinski definition) is 3. The Hall–Kier alpha value is -2.16. The number of benzene rings is 1. The molecule has 3 rings (SSSR count). The van der Waals surface area contributed by atoms with Crippen LogP contribution in [0, 0.1) is 5.41 Å². The van der Waals surface area contributed by atoms with E-state index in [2.05, 4.69) is 0 Å². The molecule has 2 aliphatic carbocycles. The van der Waals surface area contributed by atoms with Crippen molar-refractivity contribution in [2.75, 3.05) is 7.11 Å². The molecule has 3 heteroatoms. The summed E-state index contributed by atoms with van der Waals surface area (Å²) in [4.78, 5) is 24.5. The Kier molecular flexibility index (Phi) is 3.73. The summed E-state index contributed by atoms with van der Waals surface area (Å²) in [6, 6.07) is 7.70. The molecule has 1 fully saturated rings. The average molecular weight is 296 g/mol. The smallest absolute Gasteiger partial charge is 0.168 e. The number of hydrogen-bond donors (Lipinski definition) is 0. The molecule has 0 bridgehead atoms. The van der Waals surface area contributed by atoms with Gasteiger partial charge in [-0.2, -0.15) is 0 Å². The first-order chi connectivity index (χ1) is 10.5. The standard InChI is InChI=1S/C19H20O3/c1-19-10-9-16(20)12-15(19)6-5-14(18(19)21)11-13-3-7-17(22-2)8-4-13/h3-4,7-8,11-12H,5-6,9-10H2,1-2H3/b14-11-. The molecule has 1 aromatic carbocycles. The molecule has 2 aliphatic rings. The molecule has 1 aromatic rings. The van der Waals surface area contributed by atoms with Gasteiger partial charge in [0.05, 0.1) is 12.5 Å². The van der Waals surface area contributed by atoms with E-state index in [-0.39, 0.29) is 11.6 Å². The van der Waals surface area contributed by atoms with Gasteiger partial charge in [-0.05, 0) is 61.6 Å². The van der Waals surface area contributed by atoms with Crippen LogP contribution in [0.5, 0.6) is 5.75 Å². The van der Waals surface area contributed by atoms with Gasteiger partial charge < -0.3 is 4.74 Å². The fourth-order valence-electron chi connectivity index (χ4n) is 3.34. The summed E-state index contributed by atoms with van der Waals surface area (Å²) in [5.41, 5.74) is 2.40. The van der Waals surface area contributed by atoms with Crippen LogP contribution in [-0.4, -0.2) is 18.7 Å². The maximum atomic E-state index is 12.9. The van der Waals surface area contributed by atoms with Crippen molar-refractivity contribution in [3.63, 3.8) is 0 Å². The molecule has 0 aliphatic heterocycles. The Labute approximate surface area is 130 Å². The molecule has 114 valence electrons. The Balaban J connectivity index is 1.90. The first kappa shape index (κ1) is 14.8. The van der Waals surface area contributed by atoms with E-state index in [1.54, 1.807) is 13.2 Å². The SMILES string of the molecule is COc1ccc(/C=C2/CCC3=CC(=O)CCC3(C)C2=O)cc1. The summed E-state index contributed by atoms with van der Waals surface area (Å²) in [5.74, 6) is 1.14. The van der Waals surface area contributed by atoms with Crippen LogP contribution in [0.1, 0.15) is 38.2 Å². The molecule has 22 heavy (non-hydrogen) atoms. The molecule has 3 nitrogen and oxygen atoms in total. The van der Waals surface area contributed by atoms with Crippen LogP contribution in [0.2, 0.25) is 0 Å². The highest BCUT2D eigenvalue weighted by atomic mass is 16.5. The number of methoxy groups -OCH3 is 1. The molecule has 1 saturated carbocycles. The summed E-state index contributed by atoms with van der Waals surface area (Å²) in [6.07, 6.45) is 6.29. The minimum atomic E-state index is -0.482. The third kappa shape index (κ3) is 2.52. The summed E-state index contributed by atoms with van der Waals surface area (Å²) in [5, 5.41) is 0. The number of carbonyl (C=O) groups excluding carboxylic acids is 2. The molecule has 0 saturated heterocycles. The lowest BCUT2D eigenvalue weighted by molar-refractivity contribution is -0.125. The highest BCUT2D eigenvalue weighted by Crippen LogP contribution is 2.46. The Morgan fingerprint density at radius 1 is 1.09 bits per heavy atom. The zero-order chi connectivity index (χ0) is 15.7. The highest BCUT2D eigenvalue weighted by molar-refractivity contribution is 6.08. The molecular weight excluding hydrogens is 276 g/mol. The van der Waals surface area contributed by atoms with Gasteiger partial charge in [0.15, 0.2) is 11.6 Å². The second-order valence-electron chi connectivity index (χ2n) is 6.24. The van der Waals surface area contributed by atoms with E-state index in [9.17, 15) is 9.59 Å². The zero-order valence-corrected chi connectivity index (χ0v) is 13.0. The number of allylic oxidation sites excluding steroid dienone is 3. The van der Waals surface area contributed by atoms with Gasteiger partial charge in [-0.15, -0.1) is 0 Å². The Bertz CT molecular complexity index is 679. The third-order valence-electron chi connectivity index (χ3n) is 4.83. The van der Waals surface area contributed by atoms with E-state index < -0.39 is 5.41 Å². The largest absolute Gasteiger partial charge is 0.497 e. The number of carbonyl (C=O) groups is 2. The van der Waals surface area contributed by atoms with E-state index in [1.807, 2.05) is 37.3 Å². The van der Waals surface area contributed by atoms with Gasteiger partial charge in [-0.3, -0.25) is 9.59 Å². The van der Waals surface area contributed by atoms with Crippen molar-refractivity contribution in [1.82, 2.24) is 0 Å². The molecule has 0 amide bonds. The van der Waals surface area contributed by atoms with E-state index >= 15 is 0 Å². The molecule has 1 unspecified atom stereocenters. The van der Waals surface area contributed by atoms with Gasteiger partial charge >= 0.3 is 0 Å². The van der Waals surface area contributed by atoms with Crippen molar-refractivity contribution in [2.45, 2.75) is 32.6 Å². The Morgan fingerprint density at radius 2 is 1.82 bits per heavy atom. The first-order valence-electron chi connectivity index (χ1n) is 7.66. The molecule has 0 N–H and O–H groups in total. The second kappa shape index (κ2) is 5.56. The lowest BCUT2D eigenvalue weighted by Crippen LogP contribution is -2.38. The quantitative estimate of drug-likeness (QED) is 0.781. The number of Topliss-reactive ketones (excluding diaryl/α,β-unsaturated/α-hetero) is 1. The average Bonchev–Trinajstić information content (AvgIpc) is 2.53. The van der Waals surface area contributed by atoms with Crippen LogP contribution in [0.3, 0.4) is 0 Å². The number of ketones is 2. The minimum Gasteiger partial charge on any atom is -0.497 e. The second-order valence-corrected chi connectivity index (χ2v) is 6.24. The zero-order valence-electron chi connectivity index (χ0n) is 13.0. The van der Waals surface area contributed by atoms with Crippen molar-refractivity contribution in [3.05, 3.63) is 47.1 Å². The van der Waals surface area contributed by atoms with E-state index in [4.69, 9.17) is 4.74 Å². The first-order valence-corrected chi connectivity index (χ1v) is 7.66. The van der Waals surface area contributed by atoms with Crippen molar-refractivity contribution in [1.29, 1.82) is 0 Å². The predicted molar refractivity (Wildman–Crippen MR) is 85.6 cm³/mol. The number of fused-ring (bicyclic) bond motifs is 1. The maximum absolute atomic E-state index is 12.9. The fraction of sp³-hybridized carbons (Fsp3) is 0.368. The minimum absolute atomic E-state index is 0.155.